The van der Waals surface area contributed by atoms with Crippen LogP contribution in [-0.4, -0.2) is 11.0 Å². The molecule has 1 aromatic carbocycles. The Kier molecular flexibility index (Phi) is 4.85. The van der Waals surface area contributed by atoms with Crippen LogP contribution in [0.5, 0.6) is 0 Å². The molecule has 19 heavy (non-hydrogen) atoms. The van der Waals surface area contributed by atoms with E-state index in [0.29, 0.717) is 12.6 Å². The summed E-state index contributed by atoms with van der Waals surface area (Å²) >= 11 is 0. The summed E-state index contributed by atoms with van der Waals surface area (Å²) in [7, 11) is 0. The summed E-state index contributed by atoms with van der Waals surface area (Å²) in [4.78, 5) is 9.83. The van der Waals surface area contributed by atoms with E-state index in [1.807, 2.05) is 0 Å². The Bertz CT molecular complexity index is 443. The molecule has 1 aliphatic rings. The second-order valence-electron chi connectivity index (χ2n) is 5.11. The maximum Gasteiger partial charge on any atom is 0.304 e. The van der Waals surface area contributed by atoms with Crippen LogP contribution >= 0.6 is 0 Å². The Balaban J connectivity index is 1.92. The first-order chi connectivity index (χ1) is 9.16. The zero-order valence-electron chi connectivity index (χ0n) is 10.9. The summed E-state index contributed by atoms with van der Waals surface area (Å²) in [5.41, 5.74) is 0.297. The molecule has 2 rings (SSSR count). The van der Waals surface area contributed by atoms with E-state index >= 15 is 0 Å². The number of rotatable bonds is 4. The predicted molar refractivity (Wildman–Crippen MR) is 71.4 cm³/mol. The number of benzene rings is 1. The van der Waals surface area contributed by atoms with Gasteiger partial charge in [-0.3, -0.25) is 10.1 Å². The molecule has 1 fully saturated rings. The van der Waals surface area contributed by atoms with Crippen molar-refractivity contribution in [1.29, 1.82) is 0 Å². The van der Waals surface area contributed by atoms with Gasteiger partial charge in [-0.25, -0.2) is 0 Å². The van der Waals surface area contributed by atoms with Crippen LogP contribution in [0.3, 0.4) is 0 Å². The number of nitro groups is 1. The van der Waals surface area contributed by atoms with Crippen molar-refractivity contribution in [2.75, 3.05) is 0 Å². The van der Waals surface area contributed by atoms with Crippen LogP contribution in [0, 0.1) is 15.9 Å². The minimum Gasteiger partial charge on any atom is -0.310 e. The van der Waals surface area contributed by atoms with Crippen LogP contribution in [0.15, 0.2) is 18.2 Å². The van der Waals surface area contributed by atoms with Gasteiger partial charge in [0.15, 0.2) is 0 Å². The van der Waals surface area contributed by atoms with E-state index in [0.717, 1.165) is 18.4 Å². The van der Waals surface area contributed by atoms with Crippen LogP contribution in [0.1, 0.15) is 44.1 Å². The molecule has 0 aliphatic heterocycles. The Labute approximate surface area is 112 Å². The molecule has 1 saturated carbocycles. The highest BCUT2D eigenvalue weighted by Crippen LogP contribution is 2.20. The average Bonchev–Trinajstić information content (AvgIpc) is 2.64. The monoisotopic (exact) mass is 266 g/mol. The van der Waals surface area contributed by atoms with Gasteiger partial charge in [0.25, 0.3) is 0 Å². The van der Waals surface area contributed by atoms with Crippen LogP contribution in [-0.2, 0) is 6.54 Å². The predicted octanol–water partition coefficient (Wildman–Crippen LogP) is 3.55. The number of hydrogen-bond donors (Lipinski definition) is 1. The second kappa shape index (κ2) is 6.61. The highest BCUT2D eigenvalue weighted by Gasteiger charge is 2.15. The molecule has 0 atom stereocenters. The van der Waals surface area contributed by atoms with Gasteiger partial charge in [0, 0.05) is 18.7 Å². The fraction of sp³-hybridized carbons (Fsp3) is 0.571. The van der Waals surface area contributed by atoms with Crippen LogP contribution in [0.25, 0.3) is 0 Å². The fourth-order valence-electron chi connectivity index (χ4n) is 2.55. The average molecular weight is 266 g/mol. The van der Waals surface area contributed by atoms with Gasteiger partial charge in [-0.05, 0) is 24.5 Å². The van der Waals surface area contributed by atoms with E-state index in [2.05, 4.69) is 5.32 Å². The lowest BCUT2D eigenvalue weighted by Crippen LogP contribution is -2.27. The van der Waals surface area contributed by atoms with Crippen LogP contribution in [0.4, 0.5) is 10.1 Å². The van der Waals surface area contributed by atoms with Gasteiger partial charge in [0.2, 0.25) is 5.82 Å². The highest BCUT2D eigenvalue weighted by atomic mass is 19.1. The van der Waals surface area contributed by atoms with Crippen molar-refractivity contribution in [1.82, 2.24) is 5.32 Å². The standard InChI is InChI=1S/C14H19FN2O2/c15-13-9-11(7-8-14(13)17(18)19)10-16-12-5-3-1-2-4-6-12/h7-9,12,16H,1-6,10H2. The lowest BCUT2D eigenvalue weighted by Gasteiger charge is -2.16. The van der Waals surface area contributed by atoms with Crippen molar-refractivity contribution in [2.45, 2.75) is 51.1 Å². The SMILES string of the molecule is O=[N+]([O-])c1ccc(CNC2CCCCCC2)cc1F. The molecule has 0 aromatic heterocycles. The Morgan fingerprint density at radius 2 is 1.95 bits per heavy atom. The number of nitrogens with zero attached hydrogens (tertiary/aromatic N) is 1. The van der Waals surface area contributed by atoms with Gasteiger partial charge in [-0.15, -0.1) is 0 Å². The van der Waals surface area contributed by atoms with Crippen molar-refractivity contribution >= 4 is 5.69 Å². The van der Waals surface area contributed by atoms with Gasteiger partial charge in [-0.2, -0.15) is 4.39 Å². The third-order valence-electron chi connectivity index (χ3n) is 3.66. The highest BCUT2D eigenvalue weighted by molar-refractivity contribution is 5.34. The van der Waals surface area contributed by atoms with Crippen molar-refractivity contribution in [2.24, 2.45) is 0 Å². The number of nitro benzene ring substituents is 1. The third kappa shape index (κ3) is 3.99. The molecule has 1 aromatic rings. The summed E-state index contributed by atoms with van der Waals surface area (Å²) in [5.74, 6) is -0.759. The molecule has 104 valence electrons. The molecule has 0 amide bonds. The largest absolute Gasteiger partial charge is 0.310 e. The molecule has 0 bridgehead atoms. The molecular weight excluding hydrogens is 247 g/mol. The van der Waals surface area contributed by atoms with Crippen LogP contribution in [0.2, 0.25) is 0 Å². The van der Waals surface area contributed by atoms with Gasteiger partial charge >= 0.3 is 5.69 Å². The Morgan fingerprint density at radius 3 is 2.53 bits per heavy atom. The molecule has 0 spiro atoms. The maximum atomic E-state index is 13.5. The van der Waals surface area contributed by atoms with Crippen molar-refractivity contribution < 1.29 is 9.31 Å². The number of halogens is 1. The summed E-state index contributed by atoms with van der Waals surface area (Å²) in [6.07, 6.45) is 7.40. The molecule has 5 heteroatoms. The Hall–Kier alpha value is -1.49. The fourth-order valence-corrected chi connectivity index (χ4v) is 2.55. The molecule has 0 heterocycles. The molecule has 0 unspecified atom stereocenters. The summed E-state index contributed by atoms with van der Waals surface area (Å²) < 4.78 is 13.5. The normalized spacial score (nSPS) is 17.1. The zero-order chi connectivity index (χ0) is 13.7. The van der Waals surface area contributed by atoms with E-state index in [1.54, 1.807) is 6.07 Å². The lowest BCUT2D eigenvalue weighted by molar-refractivity contribution is -0.387. The quantitative estimate of drug-likeness (QED) is 0.515. The first-order valence-electron chi connectivity index (χ1n) is 6.83. The lowest BCUT2D eigenvalue weighted by atomic mass is 10.1. The molecule has 0 radical (unpaired) electrons. The molecule has 1 N–H and O–H groups in total. The number of nitrogens with one attached hydrogen (secondary N) is 1. The zero-order valence-corrected chi connectivity index (χ0v) is 10.9. The van der Waals surface area contributed by atoms with E-state index in [-0.39, 0.29) is 0 Å². The molecular formula is C14H19FN2O2. The minimum atomic E-state index is -0.759. The van der Waals surface area contributed by atoms with Gasteiger partial charge in [0.1, 0.15) is 0 Å². The van der Waals surface area contributed by atoms with Gasteiger partial charge in [-0.1, -0.05) is 31.7 Å². The van der Waals surface area contributed by atoms with Crippen LogP contribution < -0.4 is 5.32 Å². The van der Waals surface area contributed by atoms with Crippen molar-refractivity contribution in [3.8, 4) is 0 Å². The van der Waals surface area contributed by atoms with Crippen molar-refractivity contribution in [3.63, 3.8) is 0 Å². The van der Waals surface area contributed by atoms with Crippen molar-refractivity contribution in [3.05, 3.63) is 39.7 Å². The number of hydrogen-bond acceptors (Lipinski definition) is 3. The minimum absolute atomic E-state index is 0.460. The first-order valence-corrected chi connectivity index (χ1v) is 6.83. The topological polar surface area (TPSA) is 55.2 Å². The summed E-state index contributed by atoms with van der Waals surface area (Å²) in [6.45, 7) is 0.569. The smallest absolute Gasteiger partial charge is 0.304 e. The van der Waals surface area contributed by atoms with Gasteiger partial charge in [0.05, 0.1) is 4.92 Å². The third-order valence-corrected chi connectivity index (χ3v) is 3.66. The summed E-state index contributed by atoms with van der Waals surface area (Å²) in [5, 5.41) is 13.9. The van der Waals surface area contributed by atoms with E-state index < -0.39 is 16.4 Å². The van der Waals surface area contributed by atoms with E-state index in [9.17, 15) is 14.5 Å². The van der Waals surface area contributed by atoms with E-state index in [1.165, 1.54) is 37.8 Å². The molecule has 1 aliphatic carbocycles. The Morgan fingerprint density at radius 1 is 1.26 bits per heavy atom. The second-order valence-corrected chi connectivity index (χ2v) is 5.11. The molecule has 0 saturated heterocycles. The maximum absolute atomic E-state index is 13.5. The van der Waals surface area contributed by atoms with E-state index in [4.69, 9.17) is 0 Å². The molecule has 4 nitrogen and oxygen atoms in total. The summed E-state index contributed by atoms with van der Waals surface area (Å²) in [6, 6.07) is 4.59. The first kappa shape index (κ1) is 13.9. The van der Waals surface area contributed by atoms with Gasteiger partial charge < -0.3 is 5.32 Å².